The van der Waals surface area contributed by atoms with Gasteiger partial charge in [-0.2, -0.15) is 0 Å². The Labute approximate surface area is 244 Å². The van der Waals surface area contributed by atoms with Crippen LogP contribution in [0.3, 0.4) is 0 Å². The maximum atomic E-state index is 13.3. The number of nitro groups is 1. The van der Waals surface area contributed by atoms with Crippen LogP contribution in [-0.2, 0) is 22.6 Å². The molecule has 0 aliphatic carbocycles. The number of barbiturate groups is 1. The fraction of sp³-hybridized carbons (Fsp3) is 0.138. The molecule has 1 N–H and O–H groups in total. The number of anilines is 1. The van der Waals surface area contributed by atoms with Crippen LogP contribution in [0.2, 0.25) is 10.0 Å². The number of hydrogen-bond donors (Lipinski definition) is 1. The Morgan fingerprint density at radius 2 is 1.76 bits per heavy atom. The van der Waals surface area contributed by atoms with E-state index in [0.29, 0.717) is 51.3 Å². The summed E-state index contributed by atoms with van der Waals surface area (Å²) in [5, 5.41) is 14.1. The summed E-state index contributed by atoms with van der Waals surface area (Å²) < 4.78 is 12.0. The number of halogens is 2. The Hall–Kier alpha value is -4.67. The lowest BCUT2D eigenvalue weighted by atomic mass is 10.0. The van der Waals surface area contributed by atoms with Gasteiger partial charge in [-0.05, 0) is 61.4 Å². The molecule has 3 aromatic rings. The number of rotatable bonds is 10. The van der Waals surface area contributed by atoms with Crippen LogP contribution >= 0.6 is 23.2 Å². The summed E-state index contributed by atoms with van der Waals surface area (Å²) in [4.78, 5) is 49.7. The van der Waals surface area contributed by atoms with Crippen LogP contribution in [0, 0.1) is 10.1 Å². The van der Waals surface area contributed by atoms with Gasteiger partial charge in [0.15, 0.2) is 11.5 Å². The van der Waals surface area contributed by atoms with Gasteiger partial charge >= 0.3 is 6.03 Å². The number of amides is 4. The standard InChI is InChI=1S/C29H23Cl2N3O7/c1-3-5-18-12-17(14-25(40-4-2)26(18)41-16-19-6-7-20(30)15-24(19)31)13-23-27(35)32-29(37)33(28(23)36)21-8-10-22(11-9-21)34(38)39/h3,6-15H,1,4-5,16H2,2H3,(H,32,35,37)/b23-13+. The number of nitro benzene ring substituents is 1. The Morgan fingerprint density at radius 3 is 2.39 bits per heavy atom. The van der Waals surface area contributed by atoms with Gasteiger partial charge in [-0.15, -0.1) is 6.58 Å². The molecule has 41 heavy (non-hydrogen) atoms. The first kappa shape index (κ1) is 29.3. The van der Waals surface area contributed by atoms with Gasteiger partial charge in [-0.3, -0.25) is 25.0 Å². The Morgan fingerprint density at radius 1 is 1.02 bits per heavy atom. The lowest BCUT2D eigenvalue weighted by Gasteiger charge is -2.26. The highest BCUT2D eigenvalue weighted by Gasteiger charge is 2.37. The number of imide groups is 2. The van der Waals surface area contributed by atoms with Crippen molar-refractivity contribution in [3.8, 4) is 11.5 Å². The number of nitrogens with one attached hydrogen (secondary N) is 1. The maximum Gasteiger partial charge on any atom is 0.335 e. The lowest BCUT2D eigenvalue weighted by molar-refractivity contribution is -0.384. The van der Waals surface area contributed by atoms with Gasteiger partial charge in [0.25, 0.3) is 17.5 Å². The van der Waals surface area contributed by atoms with Crippen LogP contribution in [0.4, 0.5) is 16.2 Å². The largest absolute Gasteiger partial charge is 0.490 e. The van der Waals surface area contributed by atoms with Gasteiger partial charge in [-0.1, -0.05) is 35.3 Å². The molecular formula is C29H23Cl2N3O7. The molecule has 10 nitrogen and oxygen atoms in total. The van der Waals surface area contributed by atoms with Gasteiger partial charge in [0.2, 0.25) is 0 Å². The average molecular weight is 596 g/mol. The second-order valence-corrected chi connectivity index (χ2v) is 9.53. The summed E-state index contributed by atoms with van der Waals surface area (Å²) >= 11 is 12.3. The van der Waals surface area contributed by atoms with Crippen LogP contribution in [-0.4, -0.2) is 29.4 Å². The molecule has 1 heterocycles. The second kappa shape index (κ2) is 12.7. The fourth-order valence-electron chi connectivity index (χ4n) is 4.07. The number of allylic oxidation sites excluding steroid dienone is 1. The minimum atomic E-state index is -0.974. The molecule has 4 amide bonds. The Balaban J connectivity index is 1.71. The first-order valence-corrected chi connectivity index (χ1v) is 13.0. The second-order valence-electron chi connectivity index (χ2n) is 8.69. The zero-order valence-corrected chi connectivity index (χ0v) is 23.2. The molecule has 0 atom stereocenters. The first-order valence-electron chi connectivity index (χ1n) is 12.3. The highest BCUT2D eigenvalue weighted by Crippen LogP contribution is 2.36. The third-order valence-corrected chi connectivity index (χ3v) is 6.52. The molecule has 0 saturated carbocycles. The van der Waals surface area contributed by atoms with Gasteiger partial charge in [0.1, 0.15) is 12.2 Å². The zero-order valence-electron chi connectivity index (χ0n) is 21.7. The van der Waals surface area contributed by atoms with Crippen molar-refractivity contribution in [2.45, 2.75) is 20.0 Å². The fourth-order valence-corrected chi connectivity index (χ4v) is 4.53. The summed E-state index contributed by atoms with van der Waals surface area (Å²) in [7, 11) is 0. The smallest absolute Gasteiger partial charge is 0.335 e. The average Bonchev–Trinajstić information content (AvgIpc) is 2.92. The summed E-state index contributed by atoms with van der Waals surface area (Å²) in [5.74, 6) is -0.995. The van der Waals surface area contributed by atoms with Crippen molar-refractivity contribution in [3.05, 3.63) is 110 Å². The summed E-state index contributed by atoms with van der Waals surface area (Å²) in [6, 6.07) is 12.2. The molecule has 0 unspecified atom stereocenters. The molecule has 12 heteroatoms. The van der Waals surface area contributed by atoms with Crippen molar-refractivity contribution in [2.75, 3.05) is 11.5 Å². The number of carbonyl (C=O) groups excluding carboxylic acids is 3. The topological polar surface area (TPSA) is 128 Å². The van der Waals surface area contributed by atoms with Crippen molar-refractivity contribution < 1.29 is 28.8 Å². The highest BCUT2D eigenvalue weighted by atomic mass is 35.5. The Bertz CT molecular complexity index is 1590. The van der Waals surface area contributed by atoms with E-state index in [0.717, 1.165) is 17.0 Å². The zero-order chi connectivity index (χ0) is 29.7. The van der Waals surface area contributed by atoms with E-state index in [1.807, 2.05) is 0 Å². The van der Waals surface area contributed by atoms with E-state index in [1.54, 1.807) is 43.3 Å². The lowest BCUT2D eigenvalue weighted by Crippen LogP contribution is -2.54. The van der Waals surface area contributed by atoms with Gasteiger partial charge in [0.05, 0.1) is 17.2 Å². The summed E-state index contributed by atoms with van der Waals surface area (Å²) in [5.41, 5.74) is 1.31. The number of ether oxygens (including phenoxy) is 2. The first-order chi connectivity index (χ1) is 19.6. The van der Waals surface area contributed by atoms with E-state index in [-0.39, 0.29) is 23.6 Å². The number of non-ortho nitro benzene ring substituents is 1. The normalized spacial score (nSPS) is 14.2. The Kier molecular flexibility index (Phi) is 9.06. The van der Waals surface area contributed by atoms with Crippen LogP contribution in [0.25, 0.3) is 6.08 Å². The van der Waals surface area contributed by atoms with Crippen molar-refractivity contribution in [1.82, 2.24) is 5.32 Å². The van der Waals surface area contributed by atoms with Crippen LogP contribution in [0.1, 0.15) is 23.6 Å². The monoisotopic (exact) mass is 595 g/mol. The van der Waals surface area contributed by atoms with Gasteiger partial charge < -0.3 is 9.47 Å². The summed E-state index contributed by atoms with van der Waals surface area (Å²) in [6.07, 6.45) is 3.36. The van der Waals surface area contributed by atoms with Crippen molar-refractivity contribution in [1.29, 1.82) is 0 Å². The van der Waals surface area contributed by atoms with E-state index in [1.165, 1.54) is 18.2 Å². The molecule has 1 saturated heterocycles. The predicted octanol–water partition coefficient (Wildman–Crippen LogP) is 6.27. The third-order valence-electron chi connectivity index (χ3n) is 5.94. The molecule has 4 rings (SSSR count). The van der Waals surface area contributed by atoms with Crippen molar-refractivity contribution in [2.24, 2.45) is 0 Å². The molecule has 0 radical (unpaired) electrons. The van der Waals surface area contributed by atoms with Crippen molar-refractivity contribution >= 4 is 58.5 Å². The quantitative estimate of drug-likeness (QED) is 0.0960. The minimum Gasteiger partial charge on any atom is -0.490 e. The SMILES string of the molecule is C=CCc1cc(/C=C2\C(=O)NC(=O)N(c3ccc([N+](=O)[O-])cc3)C2=O)cc(OCC)c1OCc1ccc(Cl)cc1Cl. The molecule has 210 valence electrons. The molecule has 1 aliphatic heterocycles. The summed E-state index contributed by atoms with van der Waals surface area (Å²) in [6.45, 7) is 6.01. The van der Waals surface area contributed by atoms with Crippen molar-refractivity contribution in [3.63, 3.8) is 0 Å². The third kappa shape index (κ3) is 6.56. The van der Waals surface area contributed by atoms with Crippen LogP contribution in [0.5, 0.6) is 11.5 Å². The molecule has 3 aromatic carbocycles. The van der Waals surface area contributed by atoms with E-state index < -0.39 is 22.8 Å². The van der Waals surface area contributed by atoms with E-state index in [9.17, 15) is 24.5 Å². The van der Waals surface area contributed by atoms with Gasteiger partial charge in [0, 0.05) is 33.3 Å². The minimum absolute atomic E-state index is 0.0588. The maximum absolute atomic E-state index is 13.3. The molecule has 0 aromatic heterocycles. The van der Waals surface area contributed by atoms with Crippen LogP contribution < -0.4 is 19.7 Å². The molecule has 1 aliphatic rings. The number of nitrogens with zero attached hydrogens (tertiary/aromatic N) is 2. The number of carbonyl (C=O) groups is 3. The van der Waals surface area contributed by atoms with Crippen LogP contribution in [0.15, 0.2) is 72.8 Å². The molecule has 0 spiro atoms. The molecular weight excluding hydrogens is 573 g/mol. The van der Waals surface area contributed by atoms with E-state index in [2.05, 4.69) is 11.9 Å². The van der Waals surface area contributed by atoms with Gasteiger partial charge in [-0.25, -0.2) is 9.69 Å². The highest BCUT2D eigenvalue weighted by molar-refractivity contribution is 6.39. The predicted molar refractivity (Wildman–Crippen MR) is 154 cm³/mol. The van der Waals surface area contributed by atoms with E-state index >= 15 is 0 Å². The number of benzene rings is 3. The molecule has 0 bridgehead atoms. The number of urea groups is 1. The molecule has 1 fully saturated rings. The number of hydrogen-bond acceptors (Lipinski definition) is 7. The van der Waals surface area contributed by atoms with E-state index in [4.69, 9.17) is 32.7 Å².